The molecule has 0 radical (unpaired) electrons. The predicted molar refractivity (Wildman–Crippen MR) is 106 cm³/mol. The van der Waals surface area contributed by atoms with Crippen molar-refractivity contribution in [3.8, 4) is 17.9 Å². The number of aromatic nitrogens is 2. The topological polar surface area (TPSA) is 103 Å². The van der Waals surface area contributed by atoms with Gasteiger partial charge in [-0.05, 0) is 49.9 Å². The van der Waals surface area contributed by atoms with Gasteiger partial charge in [0, 0.05) is 23.7 Å². The first-order valence-corrected chi connectivity index (χ1v) is 9.35. The Morgan fingerprint density at radius 2 is 1.93 bits per heavy atom. The summed E-state index contributed by atoms with van der Waals surface area (Å²) >= 11 is 0. The van der Waals surface area contributed by atoms with E-state index in [0.717, 1.165) is 49.2 Å². The minimum Gasteiger partial charge on any atom is -0.366 e. The number of nitrogens with one attached hydrogen (secondary N) is 3. The number of benzene rings is 1. The highest BCUT2D eigenvalue weighted by atomic mass is 16.1. The second kappa shape index (κ2) is 7.98. The minimum atomic E-state index is 0.246. The Hall–Kier alpha value is -3.58. The number of hydrogen-bond acceptors (Lipinski definition) is 6. The Bertz CT molecular complexity index is 959. The maximum Gasteiger partial charge on any atom is 0.229 e. The van der Waals surface area contributed by atoms with Gasteiger partial charge in [-0.15, -0.1) is 0 Å². The van der Waals surface area contributed by atoms with Gasteiger partial charge < -0.3 is 16.0 Å². The molecule has 2 saturated carbocycles. The van der Waals surface area contributed by atoms with E-state index >= 15 is 0 Å². The highest BCUT2D eigenvalue weighted by Gasteiger charge is 2.27. The molecule has 0 unspecified atom stereocenters. The molecule has 1 heterocycles. The molecule has 1 amide bonds. The van der Waals surface area contributed by atoms with Gasteiger partial charge >= 0.3 is 0 Å². The summed E-state index contributed by atoms with van der Waals surface area (Å²) in [4.78, 5) is 19.4. The number of hydrogen-bond donors (Lipinski definition) is 3. The van der Waals surface area contributed by atoms with Crippen molar-refractivity contribution in [2.75, 3.05) is 10.6 Å². The molecule has 1 aromatic heterocycles. The molecule has 0 saturated heterocycles. The van der Waals surface area contributed by atoms with Crippen molar-refractivity contribution in [2.45, 2.75) is 37.8 Å². The molecule has 7 heteroatoms. The van der Waals surface area contributed by atoms with Gasteiger partial charge in [-0.1, -0.05) is 11.8 Å². The number of nitriles is 1. The van der Waals surface area contributed by atoms with Gasteiger partial charge in [-0.25, -0.2) is 4.98 Å². The van der Waals surface area contributed by atoms with Crippen molar-refractivity contribution in [3.05, 3.63) is 41.6 Å². The highest BCUT2D eigenvalue weighted by Crippen LogP contribution is 2.28. The first-order valence-electron chi connectivity index (χ1n) is 9.35. The molecule has 28 heavy (non-hydrogen) atoms. The maximum absolute atomic E-state index is 10.5. The van der Waals surface area contributed by atoms with Crippen LogP contribution in [0.5, 0.6) is 0 Å². The highest BCUT2D eigenvalue weighted by molar-refractivity contribution is 5.60. The molecular weight excluding hydrogens is 352 g/mol. The third-order valence-electron chi connectivity index (χ3n) is 4.83. The fraction of sp³-hybridized carbons (Fsp3) is 0.333. The van der Waals surface area contributed by atoms with Gasteiger partial charge in [0.05, 0.1) is 23.4 Å². The standard InChI is InChI=1S/C21H20N6O/c22-11-14-2-5-18(6-3-14)26-21-23-12-16(20(27-21)25-17-7-8-17)4-1-15-9-19(10-15)24-13-28/h2-3,5-6,12-13,15,17,19H,7-10H2,(H,24,28)(H2,23,25,26,27)/t15-,19+. The lowest BCUT2D eigenvalue weighted by atomic mass is 9.81. The van der Waals surface area contributed by atoms with E-state index in [1.54, 1.807) is 18.3 Å². The Morgan fingerprint density at radius 3 is 2.61 bits per heavy atom. The summed E-state index contributed by atoms with van der Waals surface area (Å²) < 4.78 is 0. The lowest BCUT2D eigenvalue weighted by molar-refractivity contribution is -0.110. The van der Waals surface area contributed by atoms with E-state index in [1.165, 1.54) is 0 Å². The van der Waals surface area contributed by atoms with E-state index in [4.69, 9.17) is 5.26 Å². The summed E-state index contributed by atoms with van der Waals surface area (Å²) in [6, 6.07) is 9.93. The average Bonchev–Trinajstić information content (AvgIpc) is 3.49. The van der Waals surface area contributed by atoms with Crippen LogP contribution in [0.1, 0.15) is 36.8 Å². The van der Waals surface area contributed by atoms with E-state index in [-0.39, 0.29) is 6.04 Å². The summed E-state index contributed by atoms with van der Waals surface area (Å²) in [7, 11) is 0. The average molecular weight is 372 g/mol. The molecule has 140 valence electrons. The SMILES string of the molecule is N#Cc1ccc(Nc2ncc(C#C[C@H]3C[C@@H](NC=O)C3)c(NC3CC3)n2)cc1. The van der Waals surface area contributed by atoms with Gasteiger partial charge in [0.1, 0.15) is 5.82 Å². The molecule has 2 aliphatic rings. The van der Waals surface area contributed by atoms with Crippen molar-refractivity contribution in [1.29, 1.82) is 5.26 Å². The van der Waals surface area contributed by atoms with Crippen molar-refractivity contribution >= 4 is 23.9 Å². The number of rotatable bonds is 6. The molecule has 0 atom stereocenters. The fourth-order valence-corrected chi connectivity index (χ4v) is 2.97. The molecule has 4 rings (SSSR count). The van der Waals surface area contributed by atoms with Crippen LogP contribution in [0.2, 0.25) is 0 Å². The van der Waals surface area contributed by atoms with Crippen LogP contribution in [0.15, 0.2) is 30.5 Å². The fourth-order valence-electron chi connectivity index (χ4n) is 2.97. The van der Waals surface area contributed by atoms with Crippen molar-refractivity contribution in [1.82, 2.24) is 15.3 Å². The first kappa shape index (κ1) is 17.8. The van der Waals surface area contributed by atoms with Crippen LogP contribution in [-0.2, 0) is 4.79 Å². The molecule has 1 aromatic carbocycles. The predicted octanol–water partition coefficient (Wildman–Crippen LogP) is 2.54. The van der Waals surface area contributed by atoms with E-state index < -0.39 is 0 Å². The molecule has 2 aromatic rings. The number of amides is 1. The second-order valence-electron chi connectivity index (χ2n) is 7.11. The summed E-state index contributed by atoms with van der Waals surface area (Å²) in [6.45, 7) is 0. The zero-order valence-electron chi connectivity index (χ0n) is 15.3. The summed E-state index contributed by atoms with van der Waals surface area (Å²) in [6.07, 6.45) is 6.52. The van der Waals surface area contributed by atoms with Crippen molar-refractivity contribution in [2.24, 2.45) is 5.92 Å². The summed E-state index contributed by atoms with van der Waals surface area (Å²) in [5.74, 6) is 7.98. The largest absolute Gasteiger partial charge is 0.366 e. The summed E-state index contributed by atoms with van der Waals surface area (Å²) in [5.41, 5.74) is 2.21. The molecule has 2 fully saturated rings. The van der Waals surface area contributed by atoms with Crippen LogP contribution in [0.3, 0.4) is 0 Å². The zero-order valence-corrected chi connectivity index (χ0v) is 15.3. The van der Waals surface area contributed by atoms with Crippen LogP contribution in [0.4, 0.5) is 17.5 Å². The smallest absolute Gasteiger partial charge is 0.229 e. The molecular formula is C21H20N6O. The van der Waals surface area contributed by atoms with Gasteiger partial charge in [-0.2, -0.15) is 10.2 Å². The first-order chi connectivity index (χ1) is 13.7. The maximum atomic E-state index is 10.5. The Labute approximate surface area is 163 Å². The van der Waals surface area contributed by atoms with Crippen LogP contribution < -0.4 is 16.0 Å². The summed E-state index contributed by atoms with van der Waals surface area (Å²) in [5, 5.41) is 18.3. The zero-order chi connectivity index (χ0) is 19.3. The third-order valence-corrected chi connectivity index (χ3v) is 4.83. The van der Waals surface area contributed by atoms with Crippen LogP contribution in [0.25, 0.3) is 0 Å². The quantitative estimate of drug-likeness (QED) is 0.532. The molecule has 3 N–H and O–H groups in total. The molecule has 0 bridgehead atoms. The van der Waals surface area contributed by atoms with Crippen LogP contribution >= 0.6 is 0 Å². The number of anilines is 3. The van der Waals surface area contributed by atoms with Gasteiger partial charge in [0.25, 0.3) is 0 Å². The number of nitrogens with zero attached hydrogens (tertiary/aromatic N) is 3. The van der Waals surface area contributed by atoms with Gasteiger partial charge in [-0.3, -0.25) is 4.79 Å². The van der Waals surface area contributed by atoms with E-state index in [9.17, 15) is 4.79 Å². The van der Waals surface area contributed by atoms with Gasteiger partial charge in [0.15, 0.2) is 0 Å². The normalized spacial score (nSPS) is 20.0. The monoisotopic (exact) mass is 372 g/mol. The number of carbonyl (C=O) groups excluding carboxylic acids is 1. The van der Waals surface area contributed by atoms with Gasteiger partial charge in [0.2, 0.25) is 12.4 Å². The lowest BCUT2D eigenvalue weighted by Crippen LogP contribution is -2.39. The van der Waals surface area contributed by atoms with Crippen LogP contribution in [-0.4, -0.2) is 28.5 Å². The molecule has 2 aliphatic carbocycles. The molecule has 0 spiro atoms. The van der Waals surface area contributed by atoms with E-state index in [0.29, 0.717) is 23.5 Å². The third kappa shape index (κ3) is 4.39. The van der Waals surface area contributed by atoms with E-state index in [2.05, 4.69) is 43.8 Å². The molecule has 0 aliphatic heterocycles. The Kier molecular flexibility index (Phi) is 5.07. The second-order valence-corrected chi connectivity index (χ2v) is 7.11. The number of carbonyl (C=O) groups is 1. The Morgan fingerprint density at radius 1 is 1.14 bits per heavy atom. The van der Waals surface area contributed by atoms with Crippen LogP contribution in [0, 0.1) is 29.1 Å². The minimum absolute atomic E-state index is 0.246. The lowest BCUT2D eigenvalue weighted by Gasteiger charge is -2.30. The van der Waals surface area contributed by atoms with Crippen molar-refractivity contribution < 1.29 is 4.79 Å². The van der Waals surface area contributed by atoms with E-state index in [1.807, 2.05) is 12.1 Å². The Balaban J connectivity index is 1.48. The van der Waals surface area contributed by atoms with Crippen molar-refractivity contribution in [3.63, 3.8) is 0 Å². The molecule has 7 nitrogen and oxygen atoms in total.